The molecule has 0 fully saturated rings. The fourth-order valence-corrected chi connectivity index (χ4v) is 5.27. The summed E-state index contributed by atoms with van der Waals surface area (Å²) < 4.78 is 30.8. The molecule has 0 spiro atoms. The zero-order chi connectivity index (χ0) is 22.5. The smallest absolute Gasteiger partial charge is 0.142 e. The first-order chi connectivity index (χ1) is 14.7. The quantitative estimate of drug-likeness (QED) is 0.452. The van der Waals surface area contributed by atoms with Gasteiger partial charge in [0.15, 0.2) is 0 Å². The molecule has 2 atom stereocenters. The summed E-state index contributed by atoms with van der Waals surface area (Å²) >= 11 is 6.55. The van der Waals surface area contributed by atoms with E-state index in [0.29, 0.717) is 29.5 Å². The summed E-state index contributed by atoms with van der Waals surface area (Å²) in [6, 6.07) is 15.1. The molecule has 0 bridgehead atoms. The van der Waals surface area contributed by atoms with Crippen molar-refractivity contribution in [2.45, 2.75) is 44.9 Å². The van der Waals surface area contributed by atoms with Crippen LogP contribution in [0.4, 0.5) is 8.78 Å². The van der Waals surface area contributed by atoms with Crippen molar-refractivity contribution in [1.29, 1.82) is 0 Å². The average molecular weight is 438 g/mol. The highest BCUT2D eigenvalue weighted by molar-refractivity contribution is 6.34. The number of rotatable bonds is 4. The molecule has 0 heterocycles. The summed E-state index contributed by atoms with van der Waals surface area (Å²) in [4.78, 5) is 0. The van der Waals surface area contributed by atoms with Crippen molar-refractivity contribution in [1.82, 2.24) is 0 Å². The van der Waals surface area contributed by atoms with E-state index in [-0.39, 0.29) is 27.6 Å². The van der Waals surface area contributed by atoms with Gasteiger partial charge in [-0.05, 0) is 47.1 Å². The first-order valence-electron chi connectivity index (χ1n) is 10.5. The van der Waals surface area contributed by atoms with Crippen molar-refractivity contribution in [3.8, 4) is 11.1 Å². The van der Waals surface area contributed by atoms with E-state index in [1.807, 2.05) is 25.1 Å². The third kappa shape index (κ3) is 3.27. The van der Waals surface area contributed by atoms with Crippen molar-refractivity contribution in [2.24, 2.45) is 5.73 Å². The fraction of sp³-hybridized carbons (Fsp3) is 0.259. The number of hydrogen-bond donors (Lipinski definition) is 1. The van der Waals surface area contributed by atoms with Crippen LogP contribution in [0.2, 0.25) is 5.02 Å². The van der Waals surface area contributed by atoms with Gasteiger partial charge < -0.3 is 5.73 Å². The van der Waals surface area contributed by atoms with Crippen molar-refractivity contribution < 1.29 is 8.78 Å². The second kappa shape index (κ2) is 7.80. The molecule has 4 heteroatoms. The van der Waals surface area contributed by atoms with Crippen LogP contribution in [0.15, 0.2) is 55.1 Å². The lowest BCUT2D eigenvalue weighted by Crippen LogP contribution is -2.25. The van der Waals surface area contributed by atoms with Crippen LogP contribution < -0.4 is 5.73 Å². The van der Waals surface area contributed by atoms with Crippen LogP contribution in [0.1, 0.15) is 54.5 Å². The lowest BCUT2D eigenvalue weighted by atomic mass is 9.72. The monoisotopic (exact) mass is 437 g/mol. The SMILES string of the molecule is C=C(N)c1ccc(CC)c(F)c1-c1c(Cl)c(F)cc2c1C(C)C(C)(c1ccccc1)C2. The molecule has 0 amide bonds. The Morgan fingerprint density at radius 1 is 1.16 bits per heavy atom. The Hall–Kier alpha value is -2.65. The zero-order valence-electron chi connectivity index (χ0n) is 18.0. The molecule has 0 saturated heterocycles. The maximum absolute atomic E-state index is 15.7. The van der Waals surface area contributed by atoms with Gasteiger partial charge in [0, 0.05) is 27.8 Å². The van der Waals surface area contributed by atoms with E-state index in [2.05, 4.69) is 32.6 Å². The van der Waals surface area contributed by atoms with E-state index in [1.54, 1.807) is 12.1 Å². The van der Waals surface area contributed by atoms with Crippen LogP contribution in [-0.2, 0) is 18.3 Å². The highest BCUT2D eigenvalue weighted by Gasteiger charge is 2.44. The van der Waals surface area contributed by atoms with Crippen LogP contribution >= 0.6 is 11.6 Å². The molecule has 4 rings (SSSR count). The molecule has 0 saturated carbocycles. The largest absolute Gasteiger partial charge is 0.399 e. The molecule has 3 aromatic carbocycles. The van der Waals surface area contributed by atoms with Gasteiger partial charge in [0.05, 0.1) is 5.02 Å². The van der Waals surface area contributed by atoms with Gasteiger partial charge >= 0.3 is 0 Å². The van der Waals surface area contributed by atoms with Crippen LogP contribution in [0.3, 0.4) is 0 Å². The second-order valence-corrected chi connectivity index (χ2v) is 9.02. The lowest BCUT2D eigenvalue weighted by molar-refractivity contribution is 0.430. The van der Waals surface area contributed by atoms with Gasteiger partial charge in [-0.25, -0.2) is 8.78 Å². The predicted octanol–water partition coefficient (Wildman–Crippen LogP) is 7.39. The number of aryl methyl sites for hydroxylation is 1. The Kier molecular flexibility index (Phi) is 5.43. The minimum absolute atomic E-state index is 0.0124. The second-order valence-electron chi connectivity index (χ2n) is 8.64. The summed E-state index contributed by atoms with van der Waals surface area (Å²) in [5.74, 6) is -0.974. The number of benzene rings is 3. The van der Waals surface area contributed by atoms with Crippen LogP contribution in [0.25, 0.3) is 16.8 Å². The molecule has 0 aromatic heterocycles. The Morgan fingerprint density at radius 2 is 1.84 bits per heavy atom. The van der Waals surface area contributed by atoms with Gasteiger partial charge in [0.25, 0.3) is 0 Å². The van der Waals surface area contributed by atoms with Crippen LogP contribution in [-0.4, -0.2) is 0 Å². The minimum atomic E-state index is -0.546. The molecule has 2 unspecified atom stereocenters. The molecule has 0 aliphatic heterocycles. The van der Waals surface area contributed by atoms with Crippen molar-refractivity contribution in [3.63, 3.8) is 0 Å². The van der Waals surface area contributed by atoms with Crippen LogP contribution in [0, 0.1) is 11.6 Å². The first-order valence-corrected chi connectivity index (χ1v) is 10.9. The normalized spacial score (nSPS) is 20.0. The lowest BCUT2D eigenvalue weighted by Gasteiger charge is -2.31. The van der Waals surface area contributed by atoms with E-state index in [4.69, 9.17) is 17.3 Å². The van der Waals surface area contributed by atoms with Gasteiger partial charge in [-0.15, -0.1) is 0 Å². The van der Waals surface area contributed by atoms with Crippen molar-refractivity contribution >= 4 is 17.3 Å². The molecule has 31 heavy (non-hydrogen) atoms. The van der Waals surface area contributed by atoms with E-state index < -0.39 is 11.6 Å². The summed E-state index contributed by atoms with van der Waals surface area (Å²) in [5, 5.41) is -0.0717. The molecular formula is C27H26ClF2N. The molecule has 160 valence electrons. The maximum atomic E-state index is 15.7. The van der Waals surface area contributed by atoms with Gasteiger partial charge in [-0.3, -0.25) is 0 Å². The molecule has 1 aliphatic carbocycles. The van der Waals surface area contributed by atoms with E-state index in [0.717, 1.165) is 16.7 Å². The summed E-state index contributed by atoms with van der Waals surface area (Å²) in [5.41, 5.74) is 10.5. The van der Waals surface area contributed by atoms with E-state index >= 15 is 8.78 Å². The van der Waals surface area contributed by atoms with Crippen LogP contribution in [0.5, 0.6) is 0 Å². The summed E-state index contributed by atoms with van der Waals surface area (Å²) in [7, 11) is 0. The Balaban J connectivity index is 2.05. The van der Waals surface area contributed by atoms with Gasteiger partial charge in [0.1, 0.15) is 11.6 Å². The summed E-state index contributed by atoms with van der Waals surface area (Å²) in [6.07, 6.45) is 1.14. The minimum Gasteiger partial charge on any atom is -0.399 e. The van der Waals surface area contributed by atoms with Crippen molar-refractivity contribution in [3.05, 3.63) is 99.6 Å². The summed E-state index contributed by atoms with van der Waals surface area (Å²) in [6.45, 7) is 9.98. The average Bonchev–Trinajstić information content (AvgIpc) is 3.00. The predicted molar refractivity (Wildman–Crippen MR) is 125 cm³/mol. The van der Waals surface area contributed by atoms with E-state index in [1.165, 1.54) is 6.07 Å². The van der Waals surface area contributed by atoms with E-state index in [9.17, 15) is 0 Å². The Labute approximate surface area is 187 Å². The maximum Gasteiger partial charge on any atom is 0.142 e. The topological polar surface area (TPSA) is 26.0 Å². The molecule has 0 radical (unpaired) electrons. The molecule has 3 aromatic rings. The first kappa shape index (κ1) is 21.6. The number of nitrogens with two attached hydrogens (primary N) is 1. The number of hydrogen-bond acceptors (Lipinski definition) is 1. The zero-order valence-corrected chi connectivity index (χ0v) is 18.8. The van der Waals surface area contributed by atoms with Gasteiger partial charge in [0.2, 0.25) is 0 Å². The molecule has 2 N–H and O–H groups in total. The fourth-order valence-electron chi connectivity index (χ4n) is 5.02. The molecule has 1 aliphatic rings. The molecule has 1 nitrogen and oxygen atoms in total. The highest BCUT2D eigenvalue weighted by Crippen LogP contribution is 2.54. The number of fused-ring (bicyclic) bond motifs is 1. The molecular weight excluding hydrogens is 412 g/mol. The highest BCUT2D eigenvalue weighted by atomic mass is 35.5. The van der Waals surface area contributed by atoms with Crippen molar-refractivity contribution in [2.75, 3.05) is 0 Å². The Morgan fingerprint density at radius 3 is 2.45 bits per heavy atom. The van der Waals surface area contributed by atoms with Gasteiger partial charge in [-0.1, -0.05) is 81.4 Å². The standard InChI is InChI=1S/C27H26ClF2N/c1-5-17-11-12-20(16(3)31)23(26(17)30)24-22-15(2)27(4,19-9-7-6-8-10-19)14-18(22)13-21(29)25(24)28/h6-13,15H,3,5,14,31H2,1-2,4H3. The number of halogens is 3. The third-order valence-electron chi connectivity index (χ3n) is 6.92. The Bertz CT molecular complexity index is 1190. The van der Waals surface area contributed by atoms with Gasteiger partial charge in [-0.2, -0.15) is 0 Å². The third-order valence-corrected chi connectivity index (χ3v) is 7.29.